The van der Waals surface area contributed by atoms with Crippen molar-refractivity contribution in [2.24, 2.45) is 12.5 Å². The van der Waals surface area contributed by atoms with Crippen molar-refractivity contribution in [2.45, 2.75) is 39.7 Å². The molecule has 0 aromatic carbocycles. The van der Waals surface area contributed by atoms with Gasteiger partial charge in [-0.25, -0.2) is 0 Å². The molecule has 124 valence electrons. The SMILES string of the molecule is CN(C)C/C=C/C(=O)NC(CCC(C)(C)C)c1ccn(C)n1. The second-order valence-electron chi connectivity index (χ2n) is 7.24. The van der Waals surface area contributed by atoms with Crippen molar-refractivity contribution in [2.75, 3.05) is 20.6 Å². The minimum Gasteiger partial charge on any atom is -0.344 e. The molecule has 0 spiro atoms. The number of nitrogens with zero attached hydrogens (tertiary/aromatic N) is 3. The maximum Gasteiger partial charge on any atom is 0.244 e. The van der Waals surface area contributed by atoms with E-state index >= 15 is 0 Å². The fourth-order valence-corrected chi connectivity index (χ4v) is 2.08. The smallest absolute Gasteiger partial charge is 0.244 e. The molecule has 0 aliphatic rings. The first-order valence-electron chi connectivity index (χ1n) is 7.79. The van der Waals surface area contributed by atoms with Crippen LogP contribution in [-0.2, 0) is 11.8 Å². The van der Waals surface area contributed by atoms with E-state index in [2.05, 4.69) is 31.2 Å². The monoisotopic (exact) mass is 306 g/mol. The standard InChI is InChI=1S/C17H30N4O/c1-17(2,3)11-9-14(15-10-13-21(6)19-15)18-16(22)8-7-12-20(4)5/h7-8,10,13-14H,9,11-12H2,1-6H3,(H,18,22)/b8-7+. The van der Waals surface area contributed by atoms with Gasteiger partial charge in [0.25, 0.3) is 0 Å². The van der Waals surface area contributed by atoms with Gasteiger partial charge in [0.15, 0.2) is 0 Å². The Morgan fingerprint density at radius 2 is 2.14 bits per heavy atom. The molecule has 1 atom stereocenters. The molecule has 1 rings (SSSR count). The third-order valence-electron chi connectivity index (χ3n) is 3.33. The molecule has 0 fully saturated rings. The molecule has 1 aromatic rings. The lowest BCUT2D eigenvalue weighted by Crippen LogP contribution is -2.28. The van der Waals surface area contributed by atoms with Crippen LogP contribution in [0.2, 0.25) is 0 Å². The van der Waals surface area contributed by atoms with E-state index in [1.165, 1.54) is 0 Å². The number of hydrogen-bond acceptors (Lipinski definition) is 3. The van der Waals surface area contributed by atoms with Gasteiger partial charge in [0.05, 0.1) is 11.7 Å². The molecule has 5 heteroatoms. The molecule has 1 aromatic heterocycles. The zero-order chi connectivity index (χ0) is 16.8. The molecule has 1 N–H and O–H groups in total. The van der Waals surface area contributed by atoms with Crippen molar-refractivity contribution in [3.63, 3.8) is 0 Å². The normalized spacial score (nSPS) is 13.8. The van der Waals surface area contributed by atoms with E-state index in [4.69, 9.17) is 0 Å². The second kappa shape index (κ2) is 8.13. The van der Waals surface area contributed by atoms with E-state index in [9.17, 15) is 4.79 Å². The molecular weight excluding hydrogens is 276 g/mol. The summed E-state index contributed by atoms with van der Waals surface area (Å²) in [4.78, 5) is 14.1. The van der Waals surface area contributed by atoms with Gasteiger partial charge in [-0.05, 0) is 38.4 Å². The lowest BCUT2D eigenvalue weighted by atomic mass is 9.88. The van der Waals surface area contributed by atoms with Gasteiger partial charge in [-0.15, -0.1) is 0 Å². The largest absolute Gasteiger partial charge is 0.344 e. The maximum atomic E-state index is 12.1. The molecule has 22 heavy (non-hydrogen) atoms. The summed E-state index contributed by atoms with van der Waals surface area (Å²) >= 11 is 0. The third-order valence-corrected chi connectivity index (χ3v) is 3.33. The van der Waals surface area contributed by atoms with E-state index in [1.54, 1.807) is 10.8 Å². The fourth-order valence-electron chi connectivity index (χ4n) is 2.08. The first-order chi connectivity index (χ1) is 10.2. The number of nitrogens with one attached hydrogen (secondary N) is 1. The number of likely N-dealkylation sites (N-methyl/N-ethyl adjacent to an activating group) is 1. The highest BCUT2D eigenvalue weighted by Crippen LogP contribution is 2.26. The van der Waals surface area contributed by atoms with Gasteiger partial charge < -0.3 is 10.2 Å². The predicted octanol–water partition coefficient (Wildman–Crippen LogP) is 2.52. The Hall–Kier alpha value is -1.62. The lowest BCUT2D eigenvalue weighted by molar-refractivity contribution is -0.117. The Morgan fingerprint density at radius 1 is 1.45 bits per heavy atom. The number of carbonyl (C=O) groups is 1. The van der Waals surface area contributed by atoms with Gasteiger partial charge >= 0.3 is 0 Å². The molecule has 1 amide bonds. The van der Waals surface area contributed by atoms with Crippen molar-refractivity contribution < 1.29 is 4.79 Å². The van der Waals surface area contributed by atoms with Crippen LogP contribution in [0.25, 0.3) is 0 Å². The van der Waals surface area contributed by atoms with Crippen LogP contribution in [0.4, 0.5) is 0 Å². The second-order valence-corrected chi connectivity index (χ2v) is 7.24. The average molecular weight is 306 g/mol. The molecule has 0 bridgehead atoms. The van der Waals surface area contributed by atoms with Crippen LogP contribution in [-0.4, -0.2) is 41.2 Å². The van der Waals surface area contributed by atoms with E-state index < -0.39 is 0 Å². The molecule has 0 radical (unpaired) electrons. The molecule has 1 heterocycles. The summed E-state index contributed by atoms with van der Waals surface area (Å²) in [5.74, 6) is -0.0635. The molecule has 0 aliphatic carbocycles. The zero-order valence-electron chi connectivity index (χ0n) is 14.8. The van der Waals surface area contributed by atoms with Crippen LogP contribution in [0.1, 0.15) is 45.3 Å². The van der Waals surface area contributed by atoms with Crippen molar-refractivity contribution in [3.05, 3.63) is 30.1 Å². The number of aromatic nitrogens is 2. The van der Waals surface area contributed by atoms with Crippen LogP contribution < -0.4 is 5.32 Å². The Morgan fingerprint density at radius 3 is 2.64 bits per heavy atom. The van der Waals surface area contributed by atoms with E-state index in [1.807, 2.05) is 44.4 Å². The van der Waals surface area contributed by atoms with Crippen LogP contribution in [0, 0.1) is 5.41 Å². The molecule has 0 aliphatic heterocycles. The molecule has 1 unspecified atom stereocenters. The molecule has 5 nitrogen and oxygen atoms in total. The number of amides is 1. The summed E-state index contributed by atoms with van der Waals surface area (Å²) in [6.45, 7) is 7.38. The highest BCUT2D eigenvalue weighted by Gasteiger charge is 2.19. The molecule has 0 saturated carbocycles. The summed E-state index contributed by atoms with van der Waals surface area (Å²) < 4.78 is 1.77. The number of hydrogen-bond donors (Lipinski definition) is 1. The van der Waals surface area contributed by atoms with Crippen LogP contribution in [0.3, 0.4) is 0 Å². The minimum atomic E-state index is -0.0635. The van der Waals surface area contributed by atoms with E-state index in [-0.39, 0.29) is 17.4 Å². The minimum absolute atomic E-state index is 0.0445. The fraction of sp³-hybridized carbons (Fsp3) is 0.647. The zero-order valence-corrected chi connectivity index (χ0v) is 14.8. The summed E-state index contributed by atoms with van der Waals surface area (Å²) in [7, 11) is 5.84. The summed E-state index contributed by atoms with van der Waals surface area (Å²) in [6.07, 6.45) is 7.29. The van der Waals surface area contributed by atoms with E-state index in [0.29, 0.717) is 0 Å². The van der Waals surface area contributed by atoms with E-state index in [0.717, 1.165) is 25.1 Å². The van der Waals surface area contributed by atoms with Gasteiger partial charge in [0, 0.05) is 25.9 Å². The van der Waals surface area contributed by atoms with Crippen LogP contribution >= 0.6 is 0 Å². The Bertz CT molecular complexity index is 497. The summed E-state index contributed by atoms with van der Waals surface area (Å²) in [5.41, 5.74) is 1.15. The van der Waals surface area contributed by atoms with Crippen LogP contribution in [0.5, 0.6) is 0 Å². The maximum absolute atomic E-state index is 12.1. The summed E-state index contributed by atoms with van der Waals surface area (Å²) in [5, 5.41) is 7.52. The Balaban J connectivity index is 2.69. The first-order valence-corrected chi connectivity index (χ1v) is 7.79. The van der Waals surface area contributed by atoms with Gasteiger partial charge in [-0.3, -0.25) is 9.48 Å². The summed E-state index contributed by atoms with van der Waals surface area (Å²) in [6, 6.07) is 1.92. The number of rotatable bonds is 7. The number of carbonyl (C=O) groups excluding carboxylic acids is 1. The highest BCUT2D eigenvalue weighted by molar-refractivity contribution is 5.87. The van der Waals surface area contributed by atoms with Gasteiger partial charge in [-0.2, -0.15) is 5.10 Å². The molecular formula is C17H30N4O. The van der Waals surface area contributed by atoms with Crippen molar-refractivity contribution >= 4 is 5.91 Å². The third kappa shape index (κ3) is 7.41. The molecule has 0 saturated heterocycles. The van der Waals surface area contributed by atoms with Crippen LogP contribution in [0.15, 0.2) is 24.4 Å². The Kier molecular flexibility index (Phi) is 6.81. The lowest BCUT2D eigenvalue weighted by Gasteiger charge is -2.22. The van der Waals surface area contributed by atoms with Crippen molar-refractivity contribution in [1.29, 1.82) is 0 Å². The van der Waals surface area contributed by atoms with Gasteiger partial charge in [0.1, 0.15) is 0 Å². The quantitative estimate of drug-likeness (QED) is 0.788. The highest BCUT2D eigenvalue weighted by atomic mass is 16.1. The van der Waals surface area contributed by atoms with Gasteiger partial charge in [0.2, 0.25) is 5.91 Å². The van der Waals surface area contributed by atoms with Crippen molar-refractivity contribution in [1.82, 2.24) is 20.0 Å². The Labute approximate surface area is 134 Å². The van der Waals surface area contributed by atoms with Gasteiger partial charge in [-0.1, -0.05) is 26.8 Å². The predicted molar refractivity (Wildman–Crippen MR) is 90.5 cm³/mol. The van der Waals surface area contributed by atoms with Crippen molar-refractivity contribution in [3.8, 4) is 0 Å². The first kappa shape index (κ1) is 18.4. The average Bonchev–Trinajstić information content (AvgIpc) is 2.79. The topological polar surface area (TPSA) is 50.2 Å². The number of aryl methyl sites for hydroxylation is 1.